The van der Waals surface area contributed by atoms with E-state index < -0.39 is 0 Å². The topological polar surface area (TPSA) is 41.6 Å². The van der Waals surface area contributed by atoms with Gasteiger partial charge in [-0.05, 0) is 30.9 Å². The van der Waals surface area contributed by atoms with Gasteiger partial charge in [-0.2, -0.15) is 5.26 Å². The minimum Gasteiger partial charge on any atom is -0.328 e. The molecule has 1 aromatic heterocycles. The smallest absolute Gasteiger partial charge is 0.111 e. The number of rotatable bonds is 4. The van der Waals surface area contributed by atoms with Gasteiger partial charge in [-0.25, -0.2) is 4.98 Å². The molecule has 1 aliphatic carbocycles. The molecule has 1 fully saturated rings. The van der Waals surface area contributed by atoms with Crippen LogP contribution in [0.25, 0.3) is 11.0 Å². The molecule has 92 valence electrons. The van der Waals surface area contributed by atoms with Gasteiger partial charge in [-0.3, -0.25) is 0 Å². The lowest BCUT2D eigenvalue weighted by Gasteiger charge is -2.07. The summed E-state index contributed by atoms with van der Waals surface area (Å²) in [5.74, 6) is 2.35. The van der Waals surface area contributed by atoms with Crippen molar-refractivity contribution in [2.24, 2.45) is 5.92 Å². The van der Waals surface area contributed by atoms with Gasteiger partial charge in [0.1, 0.15) is 17.4 Å². The Morgan fingerprint density at radius 2 is 2.28 bits per heavy atom. The first-order valence-corrected chi connectivity index (χ1v) is 6.81. The van der Waals surface area contributed by atoms with Crippen molar-refractivity contribution in [3.8, 4) is 6.07 Å². The van der Waals surface area contributed by atoms with Gasteiger partial charge in [0, 0.05) is 18.8 Å². The van der Waals surface area contributed by atoms with Crippen LogP contribution in [0.5, 0.6) is 0 Å². The zero-order valence-electron chi connectivity index (χ0n) is 10.1. The molecule has 4 heteroatoms. The maximum atomic E-state index is 9.13. The summed E-state index contributed by atoms with van der Waals surface area (Å²) in [6.45, 7) is 1.01. The van der Waals surface area contributed by atoms with Crippen LogP contribution in [0.15, 0.2) is 18.2 Å². The lowest BCUT2D eigenvalue weighted by atomic mass is 10.2. The lowest BCUT2D eigenvalue weighted by Crippen LogP contribution is -2.06. The highest BCUT2D eigenvalue weighted by Gasteiger charge is 2.24. The first-order chi connectivity index (χ1) is 8.83. The zero-order valence-corrected chi connectivity index (χ0v) is 10.8. The van der Waals surface area contributed by atoms with E-state index >= 15 is 0 Å². The summed E-state index contributed by atoms with van der Waals surface area (Å²) in [7, 11) is 0. The second-order valence-electron chi connectivity index (χ2n) is 4.81. The number of para-hydroxylation sites is 1. The molecule has 3 nitrogen and oxygen atoms in total. The third kappa shape index (κ3) is 1.97. The third-order valence-corrected chi connectivity index (χ3v) is 3.62. The Bertz CT molecular complexity index is 620. The molecule has 1 aliphatic rings. The van der Waals surface area contributed by atoms with Gasteiger partial charge >= 0.3 is 0 Å². The van der Waals surface area contributed by atoms with E-state index in [4.69, 9.17) is 16.9 Å². The molecule has 0 aliphatic heterocycles. The number of aryl methyl sites for hydroxylation is 1. The minimum atomic E-state index is 0.565. The van der Waals surface area contributed by atoms with E-state index in [0.29, 0.717) is 11.4 Å². The third-order valence-electron chi connectivity index (χ3n) is 3.43. The van der Waals surface area contributed by atoms with Gasteiger partial charge in [-0.1, -0.05) is 6.07 Å². The number of hydrogen-bond donors (Lipinski definition) is 0. The summed E-state index contributed by atoms with van der Waals surface area (Å²) in [6, 6.07) is 8.01. The van der Waals surface area contributed by atoms with Crippen molar-refractivity contribution in [2.45, 2.75) is 25.8 Å². The van der Waals surface area contributed by atoms with Crippen LogP contribution in [0.2, 0.25) is 0 Å². The van der Waals surface area contributed by atoms with E-state index in [9.17, 15) is 0 Å². The molecule has 3 rings (SSSR count). The summed E-state index contributed by atoms with van der Waals surface area (Å²) in [5, 5.41) is 9.13. The SMILES string of the molecule is N#Cc1cccc2c1nc(CCCl)n2CC1CC1. The molecule has 0 atom stereocenters. The monoisotopic (exact) mass is 259 g/mol. The molecule has 2 aromatic rings. The van der Waals surface area contributed by atoms with E-state index in [1.54, 1.807) is 0 Å². The Hall–Kier alpha value is -1.53. The van der Waals surface area contributed by atoms with Crippen LogP contribution >= 0.6 is 11.6 Å². The van der Waals surface area contributed by atoms with Crippen LogP contribution in [-0.4, -0.2) is 15.4 Å². The largest absolute Gasteiger partial charge is 0.328 e. The van der Waals surface area contributed by atoms with Crippen molar-refractivity contribution >= 4 is 22.6 Å². The van der Waals surface area contributed by atoms with Gasteiger partial charge < -0.3 is 4.57 Å². The highest BCUT2D eigenvalue weighted by atomic mass is 35.5. The van der Waals surface area contributed by atoms with Crippen LogP contribution in [0.3, 0.4) is 0 Å². The van der Waals surface area contributed by atoms with Crippen molar-refractivity contribution < 1.29 is 0 Å². The fourth-order valence-electron chi connectivity index (χ4n) is 2.32. The van der Waals surface area contributed by atoms with E-state index in [2.05, 4.69) is 15.6 Å². The van der Waals surface area contributed by atoms with Crippen molar-refractivity contribution in [3.05, 3.63) is 29.6 Å². The maximum absolute atomic E-state index is 9.13. The van der Waals surface area contributed by atoms with E-state index in [1.165, 1.54) is 12.8 Å². The summed E-state index contributed by atoms with van der Waals surface area (Å²) in [6.07, 6.45) is 3.36. The standard InChI is InChI=1S/C14H14ClN3/c15-7-6-13-17-14-11(8-16)2-1-3-12(14)18(13)9-10-4-5-10/h1-3,10H,4-7,9H2. The average Bonchev–Trinajstić information content (AvgIpc) is 3.13. The van der Waals surface area contributed by atoms with Gasteiger partial charge in [0.25, 0.3) is 0 Å². The summed E-state index contributed by atoms with van der Waals surface area (Å²) in [4.78, 5) is 4.61. The normalized spacial score (nSPS) is 14.9. The molecule has 1 heterocycles. The Morgan fingerprint density at radius 3 is 2.94 bits per heavy atom. The molecular weight excluding hydrogens is 246 g/mol. The van der Waals surface area contributed by atoms with Crippen LogP contribution in [0, 0.1) is 17.2 Å². The highest BCUT2D eigenvalue weighted by molar-refractivity contribution is 6.17. The first kappa shape index (κ1) is 11.6. The first-order valence-electron chi connectivity index (χ1n) is 6.27. The van der Waals surface area contributed by atoms with Crippen LogP contribution in [0.4, 0.5) is 0 Å². The van der Waals surface area contributed by atoms with E-state index in [0.717, 1.165) is 35.7 Å². The number of aromatic nitrogens is 2. The molecule has 1 aromatic carbocycles. The second-order valence-corrected chi connectivity index (χ2v) is 5.18. The molecule has 0 radical (unpaired) electrons. The molecule has 1 saturated carbocycles. The van der Waals surface area contributed by atoms with Crippen molar-refractivity contribution in [3.63, 3.8) is 0 Å². The zero-order chi connectivity index (χ0) is 12.5. The maximum Gasteiger partial charge on any atom is 0.111 e. The molecule has 0 spiro atoms. The van der Waals surface area contributed by atoms with Crippen LogP contribution in [-0.2, 0) is 13.0 Å². The number of fused-ring (bicyclic) bond motifs is 1. The minimum absolute atomic E-state index is 0.565. The molecule has 0 amide bonds. The van der Waals surface area contributed by atoms with Gasteiger partial charge in [0.2, 0.25) is 0 Å². The number of hydrogen-bond acceptors (Lipinski definition) is 2. The highest BCUT2D eigenvalue weighted by Crippen LogP contribution is 2.33. The summed E-state index contributed by atoms with van der Waals surface area (Å²) < 4.78 is 2.25. The van der Waals surface area contributed by atoms with Gasteiger partial charge in [-0.15, -0.1) is 11.6 Å². The predicted octanol–water partition coefficient (Wildman–Crippen LogP) is 3.10. The second kappa shape index (κ2) is 4.62. The summed E-state index contributed by atoms with van der Waals surface area (Å²) in [5.41, 5.74) is 2.54. The molecule has 0 bridgehead atoms. The molecule has 0 N–H and O–H groups in total. The van der Waals surface area contributed by atoms with Crippen LogP contribution in [0.1, 0.15) is 24.2 Å². The fraction of sp³-hybridized carbons (Fsp3) is 0.429. The van der Waals surface area contributed by atoms with Crippen molar-refractivity contribution in [1.82, 2.24) is 9.55 Å². The van der Waals surface area contributed by atoms with E-state index in [1.807, 2.05) is 18.2 Å². The number of nitriles is 1. The predicted molar refractivity (Wildman–Crippen MR) is 71.6 cm³/mol. The molecular formula is C14H14ClN3. The van der Waals surface area contributed by atoms with Gasteiger partial charge in [0.05, 0.1) is 11.1 Å². The number of halogens is 1. The number of imidazole rings is 1. The van der Waals surface area contributed by atoms with Gasteiger partial charge in [0.15, 0.2) is 0 Å². The molecule has 0 saturated heterocycles. The van der Waals surface area contributed by atoms with E-state index in [-0.39, 0.29) is 0 Å². The Kier molecular flexibility index (Phi) is 2.97. The fourth-order valence-corrected chi connectivity index (χ4v) is 2.49. The number of benzene rings is 1. The Balaban J connectivity index is 2.15. The number of nitrogens with zero attached hydrogens (tertiary/aromatic N) is 3. The molecule has 0 unspecified atom stereocenters. The van der Waals surface area contributed by atoms with Crippen molar-refractivity contribution in [1.29, 1.82) is 5.26 Å². The Labute approximate surface area is 111 Å². The lowest BCUT2D eigenvalue weighted by molar-refractivity contribution is 0.615. The van der Waals surface area contributed by atoms with Crippen LogP contribution < -0.4 is 0 Å². The van der Waals surface area contributed by atoms with Crippen molar-refractivity contribution in [2.75, 3.05) is 5.88 Å². The quantitative estimate of drug-likeness (QED) is 0.792. The average molecular weight is 260 g/mol. The molecule has 18 heavy (non-hydrogen) atoms. The number of alkyl halides is 1. The summed E-state index contributed by atoms with van der Waals surface area (Å²) >= 11 is 5.84. The Morgan fingerprint density at radius 1 is 1.44 bits per heavy atom.